The first-order chi connectivity index (χ1) is 8.02. The van der Waals surface area contributed by atoms with Crippen LogP contribution in [0.15, 0.2) is 0 Å². The Balaban J connectivity index is 1.96. The number of nitrogens with two attached hydrogens (primary N) is 1. The summed E-state index contributed by atoms with van der Waals surface area (Å²) < 4.78 is 0. The fourth-order valence-electron chi connectivity index (χ4n) is 3.26. The third-order valence-corrected chi connectivity index (χ3v) is 4.02. The van der Waals surface area contributed by atoms with Gasteiger partial charge in [-0.3, -0.25) is 4.79 Å². The molecule has 0 radical (unpaired) electrons. The number of hydrogen-bond acceptors (Lipinski definition) is 3. The van der Waals surface area contributed by atoms with Crippen molar-refractivity contribution in [3.8, 4) is 0 Å². The van der Waals surface area contributed by atoms with E-state index in [1.54, 1.807) is 0 Å². The van der Waals surface area contributed by atoms with Gasteiger partial charge >= 0.3 is 0 Å². The summed E-state index contributed by atoms with van der Waals surface area (Å²) in [5.41, 5.74) is 5.76. The fraction of sp³-hybridized carbons (Fsp3) is 0.923. The van der Waals surface area contributed by atoms with E-state index in [2.05, 4.69) is 30.7 Å². The first kappa shape index (κ1) is 12.8. The Morgan fingerprint density at radius 1 is 1.35 bits per heavy atom. The predicted octanol–water partition coefficient (Wildman–Crippen LogP) is 0.522. The molecular weight excluding hydrogens is 214 g/mol. The van der Waals surface area contributed by atoms with E-state index in [-0.39, 0.29) is 5.92 Å². The summed E-state index contributed by atoms with van der Waals surface area (Å²) in [4.78, 5) is 16.9. The lowest BCUT2D eigenvalue weighted by molar-refractivity contribution is -0.157. The van der Waals surface area contributed by atoms with Crippen molar-refractivity contribution in [3.63, 3.8) is 0 Å². The maximum Gasteiger partial charge on any atom is 0.227 e. The highest BCUT2D eigenvalue weighted by Gasteiger charge is 2.47. The van der Waals surface area contributed by atoms with Crippen LogP contribution in [0.3, 0.4) is 0 Å². The zero-order valence-electron chi connectivity index (χ0n) is 11.2. The topological polar surface area (TPSA) is 49.6 Å². The molecule has 0 aromatic carbocycles. The highest BCUT2D eigenvalue weighted by Crippen LogP contribution is 2.33. The first-order valence-electron chi connectivity index (χ1n) is 6.73. The van der Waals surface area contributed by atoms with Crippen molar-refractivity contribution >= 4 is 5.91 Å². The van der Waals surface area contributed by atoms with Crippen LogP contribution in [0, 0.1) is 11.8 Å². The molecule has 3 saturated heterocycles. The second-order valence-electron chi connectivity index (χ2n) is 6.07. The highest BCUT2D eigenvalue weighted by atomic mass is 16.2. The molecule has 3 fully saturated rings. The van der Waals surface area contributed by atoms with Crippen LogP contribution in [-0.2, 0) is 4.79 Å². The number of rotatable bonds is 4. The number of piperazine rings is 1. The van der Waals surface area contributed by atoms with Crippen LogP contribution in [0.25, 0.3) is 0 Å². The van der Waals surface area contributed by atoms with Crippen LogP contribution in [0.2, 0.25) is 0 Å². The summed E-state index contributed by atoms with van der Waals surface area (Å²) in [7, 11) is 2.13. The summed E-state index contributed by atoms with van der Waals surface area (Å²) >= 11 is 0. The Morgan fingerprint density at radius 2 is 1.94 bits per heavy atom. The lowest BCUT2D eigenvalue weighted by atomic mass is 9.84. The van der Waals surface area contributed by atoms with Crippen LogP contribution in [-0.4, -0.2) is 54.5 Å². The molecule has 17 heavy (non-hydrogen) atoms. The maximum absolute atomic E-state index is 12.4. The van der Waals surface area contributed by atoms with Crippen molar-refractivity contribution in [2.45, 2.75) is 38.8 Å². The third-order valence-electron chi connectivity index (χ3n) is 4.02. The fourth-order valence-corrected chi connectivity index (χ4v) is 3.26. The largest absolute Gasteiger partial charge is 0.334 e. The predicted molar refractivity (Wildman–Crippen MR) is 68.5 cm³/mol. The second kappa shape index (κ2) is 4.94. The van der Waals surface area contributed by atoms with Gasteiger partial charge in [-0.1, -0.05) is 13.8 Å². The van der Waals surface area contributed by atoms with Crippen molar-refractivity contribution < 1.29 is 4.79 Å². The normalized spacial score (nSPS) is 30.3. The molecule has 4 heteroatoms. The van der Waals surface area contributed by atoms with Gasteiger partial charge in [0.25, 0.3) is 0 Å². The molecule has 1 amide bonds. The van der Waals surface area contributed by atoms with Crippen LogP contribution in [0.5, 0.6) is 0 Å². The van der Waals surface area contributed by atoms with Gasteiger partial charge in [-0.2, -0.15) is 0 Å². The number of piperidine rings is 1. The Morgan fingerprint density at radius 3 is 2.41 bits per heavy atom. The minimum atomic E-state index is 0.0312. The van der Waals surface area contributed by atoms with Gasteiger partial charge in [0.1, 0.15) is 0 Å². The molecule has 3 aliphatic rings. The minimum absolute atomic E-state index is 0.0312. The molecule has 0 saturated carbocycles. The average molecular weight is 239 g/mol. The molecule has 3 rings (SSSR count). The number of hydrogen-bond donors (Lipinski definition) is 1. The second-order valence-corrected chi connectivity index (χ2v) is 6.07. The number of carbonyl (C=O) groups is 1. The van der Waals surface area contributed by atoms with Gasteiger partial charge in [-0.05, 0) is 25.8 Å². The third kappa shape index (κ3) is 2.47. The van der Waals surface area contributed by atoms with Crippen LogP contribution in [0.4, 0.5) is 0 Å². The van der Waals surface area contributed by atoms with Crippen molar-refractivity contribution in [2.24, 2.45) is 17.6 Å². The SMILES string of the molecule is CC(C)CC(CN)C(=O)N1C2CC1CN(C)C2. The van der Waals surface area contributed by atoms with E-state index in [9.17, 15) is 4.79 Å². The number of amides is 1. The molecule has 0 aliphatic carbocycles. The lowest BCUT2D eigenvalue weighted by Crippen LogP contribution is -2.70. The summed E-state index contributed by atoms with van der Waals surface area (Å²) in [6.45, 7) is 6.85. The van der Waals surface area contributed by atoms with Gasteiger partial charge in [0.2, 0.25) is 5.91 Å². The van der Waals surface area contributed by atoms with E-state index in [1.807, 2.05) is 0 Å². The van der Waals surface area contributed by atoms with Crippen molar-refractivity contribution in [1.29, 1.82) is 0 Å². The number of likely N-dealkylation sites (N-methyl/N-ethyl adjacent to an activating group) is 1. The molecule has 3 unspecified atom stereocenters. The number of nitrogens with zero attached hydrogens (tertiary/aromatic N) is 2. The van der Waals surface area contributed by atoms with E-state index >= 15 is 0 Å². The maximum atomic E-state index is 12.4. The molecule has 0 aromatic rings. The Kier molecular flexibility index (Phi) is 3.73. The minimum Gasteiger partial charge on any atom is -0.334 e. The van der Waals surface area contributed by atoms with Gasteiger partial charge in [0.05, 0.1) is 5.92 Å². The van der Waals surface area contributed by atoms with Crippen LogP contribution >= 0.6 is 0 Å². The van der Waals surface area contributed by atoms with E-state index < -0.39 is 0 Å². The zero-order chi connectivity index (χ0) is 12.6. The van der Waals surface area contributed by atoms with E-state index in [0.29, 0.717) is 30.5 Å². The molecule has 0 spiro atoms. The van der Waals surface area contributed by atoms with Crippen LogP contribution in [0.1, 0.15) is 26.7 Å². The number of carbonyl (C=O) groups excluding carboxylic acids is 1. The van der Waals surface area contributed by atoms with Crippen LogP contribution < -0.4 is 5.73 Å². The lowest BCUT2D eigenvalue weighted by Gasteiger charge is -2.56. The van der Waals surface area contributed by atoms with Gasteiger partial charge in [-0.15, -0.1) is 0 Å². The van der Waals surface area contributed by atoms with Gasteiger partial charge in [0, 0.05) is 31.7 Å². The first-order valence-corrected chi connectivity index (χ1v) is 6.73. The van der Waals surface area contributed by atoms with Crippen molar-refractivity contribution in [2.75, 3.05) is 26.7 Å². The molecule has 2 bridgehead atoms. The summed E-state index contributed by atoms with van der Waals surface area (Å²) in [5, 5.41) is 0. The number of fused-ring (bicyclic) bond motifs is 2. The Hall–Kier alpha value is -0.610. The van der Waals surface area contributed by atoms with Gasteiger partial charge < -0.3 is 15.5 Å². The molecule has 3 heterocycles. The Labute approximate surface area is 104 Å². The summed E-state index contributed by atoms with van der Waals surface area (Å²) in [6, 6.07) is 0.903. The summed E-state index contributed by atoms with van der Waals surface area (Å²) in [5.74, 6) is 0.871. The van der Waals surface area contributed by atoms with E-state index in [1.165, 1.54) is 6.42 Å². The molecule has 3 atom stereocenters. The standard InChI is InChI=1S/C13H25N3O/c1-9(2)4-10(6-14)13(17)16-11-5-12(16)8-15(3)7-11/h9-12H,4-8,14H2,1-3H3. The molecule has 2 N–H and O–H groups in total. The van der Waals surface area contributed by atoms with E-state index in [0.717, 1.165) is 19.5 Å². The molecule has 4 nitrogen and oxygen atoms in total. The van der Waals surface area contributed by atoms with E-state index in [4.69, 9.17) is 5.73 Å². The van der Waals surface area contributed by atoms with Gasteiger partial charge in [-0.25, -0.2) is 0 Å². The quantitative estimate of drug-likeness (QED) is 0.778. The van der Waals surface area contributed by atoms with Gasteiger partial charge in [0.15, 0.2) is 0 Å². The molecule has 0 aromatic heterocycles. The van der Waals surface area contributed by atoms with Crippen molar-refractivity contribution in [1.82, 2.24) is 9.80 Å². The van der Waals surface area contributed by atoms with Crippen molar-refractivity contribution in [3.05, 3.63) is 0 Å². The summed E-state index contributed by atoms with van der Waals surface area (Å²) in [6.07, 6.45) is 2.11. The molecular formula is C13H25N3O. The average Bonchev–Trinajstić information content (AvgIpc) is 2.24. The molecule has 98 valence electrons. The zero-order valence-corrected chi connectivity index (χ0v) is 11.2. The highest BCUT2D eigenvalue weighted by molar-refractivity contribution is 5.81. The molecule has 3 aliphatic heterocycles. The Bertz CT molecular complexity index is 280. The smallest absolute Gasteiger partial charge is 0.227 e. The monoisotopic (exact) mass is 239 g/mol.